The molecule has 0 spiro atoms. The van der Waals surface area contributed by atoms with Crippen LogP contribution in [0.15, 0.2) is 24.4 Å². The number of carboxylic acid groups (broad SMARTS) is 1. The number of carbonyl (C=O) groups is 1. The molecule has 2 aromatic rings. The molecule has 4 nitrogen and oxygen atoms in total. The first-order chi connectivity index (χ1) is 10.1. The third-order valence-corrected chi connectivity index (χ3v) is 4.41. The fraction of sp³-hybridized carbons (Fsp3) is 0.333. The number of nitrogens with zero attached hydrogens (tertiary/aromatic N) is 2. The summed E-state index contributed by atoms with van der Waals surface area (Å²) in [4.78, 5) is 11.5. The van der Waals surface area contributed by atoms with Crippen LogP contribution < -0.4 is 0 Å². The summed E-state index contributed by atoms with van der Waals surface area (Å²) in [6, 6.07) is 5.07. The van der Waals surface area contributed by atoms with Crippen molar-refractivity contribution < 1.29 is 9.90 Å². The maximum atomic E-state index is 11.5. The van der Waals surface area contributed by atoms with Gasteiger partial charge in [0.15, 0.2) is 0 Å². The molecular formula is C15H14Cl2N2O2. The van der Waals surface area contributed by atoms with Crippen LogP contribution in [0, 0.1) is 0 Å². The van der Waals surface area contributed by atoms with E-state index in [1.54, 1.807) is 18.2 Å². The first kappa shape index (κ1) is 14.4. The van der Waals surface area contributed by atoms with Gasteiger partial charge in [0.25, 0.3) is 0 Å². The topological polar surface area (TPSA) is 55.1 Å². The van der Waals surface area contributed by atoms with Crippen molar-refractivity contribution in [2.45, 2.75) is 31.6 Å². The number of halogens is 2. The lowest BCUT2D eigenvalue weighted by molar-refractivity contribution is 0.0695. The van der Waals surface area contributed by atoms with Gasteiger partial charge in [0.1, 0.15) is 5.56 Å². The van der Waals surface area contributed by atoms with Gasteiger partial charge in [0, 0.05) is 17.1 Å². The molecule has 1 aromatic heterocycles. The van der Waals surface area contributed by atoms with E-state index < -0.39 is 5.97 Å². The lowest BCUT2D eigenvalue weighted by Crippen LogP contribution is -2.03. The highest BCUT2D eigenvalue weighted by molar-refractivity contribution is 6.35. The third kappa shape index (κ3) is 2.78. The van der Waals surface area contributed by atoms with Crippen LogP contribution in [0.4, 0.5) is 0 Å². The van der Waals surface area contributed by atoms with E-state index in [0.29, 0.717) is 21.4 Å². The number of carboxylic acids is 1. The van der Waals surface area contributed by atoms with Crippen LogP contribution in [0.2, 0.25) is 10.0 Å². The molecule has 110 valence electrons. The van der Waals surface area contributed by atoms with Gasteiger partial charge in [-0.15, -0.1) is 0 Å². The second kappa shape index (κ2) is 5.70. The molecule has 21 heavy (non-hydrogen) atoms. The van der Waals surface area contributed by atoms with Gasteiger partial charge < -0.3 is 5.11 Å². The third-order valence-electron chi connectivity index (χ3n) is 3.87. The summed E-state index contributed by atoms with van der Waals surface area (Å²) in [5.74, 6) is -0.725. The first-order valence-corrected chi connectivity index (χ1v) is 7.60. The van der Waals surface area contributed by atoms with E-state index in [2.05, 4.69) is 5.10 Å². The van der Waals surface area contributed by atoms with Crippen LogP contribution in [0.3, 0.4) is 0 Å². The number of aromatic carboxylic acids is 1. The van der Waals surface area contributed by atoms with Crippen LogP contribution in [0.25, 0.3) is 5.69 Å². The quantitative estimate of drug-likeness (QED) is 0.902. The highest BCUT2D eigenvalue weighted by atomic mass is 35.5. The molecule has 1 aliphatic rings. The monoisotopic (exact) mass is 324 g/mol. The minimum absolute atomic E-state index is 0.225. The molecule has 1 aromatic carbocycles. The fourth-order valence-electron chi connectivity index (χ4n) is 2.84. The van der Waals surface area contributed by atoms with Crippen molar-refractivity contribution in [3.8, 4) is 5.69 Å². The molecule has 6 heteroatoms. The molecule has 1 N–H and O–H groups in total. The molecule has 0 saturated heterocycles. The zero-order valence-corrected chi connectivity index (χ0v) is 12.7. The maximum Gasteiger partial charge on any atom is 0.339 e. The van der Waals surface area contributed by atoms with Gasteiger partial charge in [-0.2, -0.15) is 5.10 Å². The maximum absolute atomic E-state index is 11.5. The van der Waals surface area contributed by atoms with Crippen molar-refractivity contribution >= 4 is 29.2 Å². The lowest BCUT2D eigenvalue weighted by Gasteiger charge is -2.07. The Morgan fingerprint density at radius 2 is 2.00 bits per heavy atom. The molecule has 0 amide bonds. The molecule has 1 aliphatic carbocycles. The number of benzene rings is 1. The van der Waals surface area contributed by atoms with E-state index in [9.17, 15) is 9.90 Å². The number of hydrogen-bond acceptors (Lipinski definition) is 2. The van der Waals surface area contributed by atoms with Crippen LogP contribution >= 0.6 is 23.2 Å². The molecule has 0 radical (unpaired) electrons. The van der Waals surface area contributed by atoms with E-state index in [1.165, 1.54) is 10.9 Å². The van der Waals surface area contributed by atoms with Gasteiger partial charge in [-0.3, -0.25) is 0 Å². The van der Waals surface area contributed by atoms with E-state index >= 15 is 0 Å². The summed E-state index contributed by atoms with van der Waals surface area (Å²) >= 11 is 12.1. The number of rotatable bonds is 3. The first-order valence-electron chi connectivity index (χ1n) is 6.84. The SMILES string of the molecule is O=C(O)c1cn(-c2ccc(Cl)cc2Cl)nc1C1CCCC1. The summed E-state index contributed by atoms with van der Waals surface area (Å²) in [5, 5.41) is 14.9. The summed E-state index contributed by atoms with van der Waals surface area (Å²) in [6.07, 6.45) is 5.76. The Morgan fingerprint density at radius 3 is 2.62 bits per heavy atom. The molecule has 1 saturated carbocycles. The highest BCUT2D eigenvalue weighted by Crippen LogP contribution is 2.36. The second-order valence-electron chi connectivity index (χ2n) is 5.25. The highest BCUT2D eigenvalue weighted by Gasteiger charge is 2.26. The van der Waals surface area contributed by atoms with E-state index in [4.69, 9.17) is 23.2 Å². The Hall–Kier alpha value is -1.52. The molecule has 0 bridgehead atoms. The standard InChI is InChI=1S/C15H14Cl2N2O2/c16-10-5-6-13(12(17)7-10)19-8-11(15(20)21)14(18-19)9-3-1-2-4-9/h5-9H,1-4H2,(H,20,21). The normalized spacial score (nSPS) is 15.5. The number of hydrogen-bond donors (Lipinski definition) is 1. The Morgan fingerprint density at radius 1 is 1.29 bits per heavy atom. The molecule has 0 aliphatic heterocycles. The Kier molecular flexibility index (Phi) is 3.91. The van der Waals surface area contributed by atoms with E-state index in [0.717, 1.165) is 25.7 Å². The lowest BCUT2D eigenvalue weighted by atomic mass is 10.0. The smallest absolute Gasteiger partial charge is 0.339 e. The Bertz CT molecular complexity index is 691. The molecule has 0 atom stereocenters. The van der Waals surface area contributed by atoms with Crippen LogP contribution in [0.1, 0.15) is 47.7 Å². The average Bonchev–Trinajstić information content (AvgIpc) is 3.07. The Labute approximate surface area is 132 Å². The van der Waals surface area contributed by atoms with Crippen molar-refractivity contribution in [1.82, 2.24) is 9.78 Å². The molecule has 3 rings (SSSR count). The summed E-state index contributed by atoms with van der Waals surface area (Å²) in [5.41, 5.74) is 1.55. The van der Waals surface area contributed by atoms with Gasteiger partial charge in [-0.1, -0.05) is 36.0 Å². The largest absolute Gasteiger partial charge is 0.478 e. The fourth-order valence-corrected chi connectivity index (χ4v) is 3.34. The molecular weight excluding hydrogens is 311 g/mol. The van der Waals surface area contributed by atoms with Crippen LogP contribution in [-0.2, 0) is 0 Å². The summed E-state index contributed by atoms with van der Waals surface area (Å²) < 4.78 is 1.54. The molecule has 1 heterocycles. The van der Waals surface area contributed by atoms with Crippen LogP contribution in [0.5, 0.6) is 0 Å². The van der Waals surface area contributed by atoms with Gasteiger partial charge in [0.2, 0.25) is 0 Å². The van der Waals surface area contributed by atoms with Gasteiger partial charge in [0.05, 0.1) is 16.4 Å². The van der Waals surface area contributed by atoms with Crippen LogP contribution in [-0.4, -0.2) is 20.9 Å². The predicted octanol–water partition coefficient (Wildman–Crippen LogP) is 4.53. The van der Waals surface area contributed by atoms with Gasteiger partial charge in [-0.25, -0.2) is 9.48 Å². The molecule has 0 unspecified atom stereocenters. The minimum Gasteiger partial charge on any atom is -0.478 e. The second-order valence-corrected chi connectivity index (χ2v) is 6.10. The predicted molar refractivity (Wildman–Crippen MR) is 81.8 cm³/mol. The molecule has 1 fully saturated rings. The summed E-state index contributed by atoms with van der Waals surface area (Å²) in [6.45, 7) is 0. The minimum atomic E-state index is -0.951. The van der Waals surface area contributed by atoms with Gasteiger partial charge >= 0.3 is 5.97 Å². The van der Waals surface area contributed by atoms with Gasteiger partial charge in [-0.05, 0) is 31.0 Å². The van der Waals surface area contributed by atoms with Crippen molar-refractivity contribution in [2.24, 2.45) is 0 Å². The van der Waals surface area contributed by atoms with E-state index in [-0.39, 0.29) is 11.5 Å². The van der Waals surface area contributed by atoms with Crippen molar-refractivity contribution in [3.05, 3.63) is 45.7 Å². The Balaban J connectivity index is 2.07. The zero-order chi connectivity index (χ0) is 15.0. The number of aromatic nitrogens is 2. The van der Waals surface area contributed by atoms with Crippen molar-refractivity contribution in [2.75, 3.05) is 0 Å². The van der Waals surface area contributed by atoms with Crippen molar-refractivity contribution in [3.63, 3.8) is 0 Å². The zero-order valence-electron chi connectivity index (χ0n) is 11.2. The average molecular weight is 325 g/mol. The van der Waals surface area contributed by atoms with Crippen molar-refractivity contribution in [1.29, 1.82) is 0 Å². The van der Waals surface area contributed by atoms with E-state index in [1.807, 2.05) is 0 Å². The summed E-state index contributed by atoms with van der Waals surface area (Å²) in [7, 11) is 0.